The summed E-state index contributed by atoms with van der Waals surface area (Å²) in [5, 5.41) is 1.77. The van der Waals surface area contributed by atoms with Crippen LogP contribution in [0.15, 0.2) is 24.3 Å². The lowest BCUT2D eigenvalue weighted by Crippen LogP contribution is -2.47. The van der Waals surface area contributed by atoms with Crippen molar-refractivity contribution in [3.8, 4) is 0 Å². The Labute approximate surface area is 115 Å². The van der Waals surface area contributed by atoms with Gasteiger partial charge in [0.1, 0.15) is 0 Å². The molecule has 18 heavy (non-hydrogen) atoms. The molecule has 2 N–H and O–H groups in total. The average Bonchev–Trinajstić information content (AvgIpc) is 2.45. The van der Waals surface area contributed by atoms with Crippen LogP contribution in [0.2, 0.25) is 0 Å². The number of benzene rings is 1. The van der Waals surface area contributed by atoms with Crippen molar-refractivity contribution in [3.63, 3.8) is 0 Å². The Bertz CT molecular complexity index is 386. The lowest BCUT2D eigenvalue weighted by molar-refractivity contribution is 0.256. The van der Waals surface area contributed by atoms with Crippen molar-refractivity contribution in [2.75, 3.05) is 44.2 Å². The van der Waals surface area contributed by atoms with Crippen LogP contribution < -0.4 is 10.6 Å². The van der Waals surface area contributed by atoms with Crippen LogP contribution in [0, 0.1) is 0 Å². The third kappa shape index (κ3) is 3.28. The van der Waals surface area contributed by atoms with E-state index in [1.165, 1.54) is 5.69 Å². The fraction of sp³-hybridized carbons (Fsp3) is 0.500. The molecule has 3 nitrogen and oxygen atoms in total. The zero-order valence-electron chi connectivity index (χ0n) is 10.7. The molecule has 0 aromatic heterocycles. The Morgan fingerprint density at radius 2 is 1.89 bits per heavy atom. The maximum Gasteiger partial charge on any atom is 0.0449 e. The van der Waals surface area contributed by atoms with E-state index in [9.17, 15) is 0 Å². The molecule has 98 valence electrons. The highest BCUT2D eigenvalue weighted by molar-refractivity contribution is 7.79. The molecule has 1 fully saturated rings. The quantitative estimate of drug-likeness (QED) is 0.816. The van der Waals surface area contributed by atoms with Gasteiger partial charge < -0.3 is 10.6 Å². The number of thiocarbonyl (C=S) groups is 1. The van der Waals surface area contributed by atoms with Crippen LogP contribution in [0.3, 0.4) is 0 Å². The van der Waals surface area contributed by atoms with Crippen molar-refractivity contribution in [1.82, 2.24) is 4.90 Å². The number of piperazine rings is 1. The van der Waals surface area contributed by atoms with Gasteiger partial charge in [-0.2, -0.15) is 0 Å². The first kappa shape index (κ1) is 13.5. The van der Waals surface area contributed by atoms with Crippen molar-refractivity contribution in [2.24, 2.45) is 5.73 Å². The molecule has 1 aliphatic rings. The van der Waals surface area contributed by atoms with Gasteiger partial charge in [-0.05, 0) is 25.6 Å². The summed E-state index contributed by atoms with van der Waals surface area (Å²) < 4.78 is 0. The van der Waals surface area contributed by atoms with E-state index >= 15 is 0 Å². The van der Waals surface area contributed by atoms with E-state index in [-0.39, 0.29) is 0 Å². The number of hydrogen-bond acceptors (Lipinski definition) is 4. The molecule has 0 amide bonds. The van der Waals surface area contributed by atoms with Crippen molar-refractivity contribution < 1.29 is 0 Å². The second-order valence-electron chi connectivity index (χ2n) is 4.65. The standard InChI is InChI=1S/C14H21N3S/c15-6-3-7-16-8-10-17(11-9-16)14-5-2-1-4-13(14)12-18/h1-2,4-5,12H,3,6-11,15H2. The maximum atomic E-state index is 5.55. The van der Waals surface area contributed by atoms with Gasteiger partial charge in [0.05, 0.1) is 0 Å². The summed E-state index contributed by atoms with van der Waals surface area (Å²) in [5.74, 6) is 0. The minimum Gasteiger partial charge on any atom is -0.368 e. The molecule has 0 bridgehead atoms. The van der Waals surface area contributed by atoms with Gasteiger partial charge in [-0.25, -0.2) is 0 Å². The molecule has 1 heterocycles. The third-order valence-electron chi connectivity index (χ3n) is 3.46. The van der Waals surface area contributed by atoms with E-state index in [0.29, 0.717) is 0 Å². The van der Waals surface area contributed by atoms with Crippen molar-refractivity contribution in [1.29, 1.82) is 0 Å². The molecule has 0 saturated carbocycles. The lowest BCUT2D eigenvalue weighted by Gasteiger charge is -2.36. The molecule has 0 spiro atoms. The fourth-order valence-electron chi connectivity index (χ4n) is 2.40. The van der Waals surface area contributed by atoms with Crippen LogP contribution in [0.4, 0.5) is 5.69 Å². The van der Waals surface area contributed by atoms with Crippen LogP contribution in [0.25, 0.3) is 0 Å². The van der Waals surface area contributed by atoms with Crippen molar-refractivity contribution >= 4 is 23.3 Å². The number of rotatable bonds is 5. The first-order chi connectivity index (χ1) is 8.85. The summed E-state index contributed by atoms with van der Waals surface area (Å²) in [4.78, 5) is 4.92. The number of anilines is 1. The van der Waals surface area contributed by atoms with E-state index in [1.54, 1.807) is 5.37 Å². The van der Waals surface area contributed by atoms with Crippen LogP contribution in [-0.4, -0.2) is 49.5 Å². The summed E-state index contributed by atoms with van der Waals surface area (Å²) in [6, 6.07) is 8.37. The number of nitrogens with two attached hydrogens (primary N) is 1. The third-order valence-corrected chi connectivity index (χ3v) is 3.71. The molecule has 0 aliphatic carbocycles. The molecule has 4 heteroatoms. The Kier molecular flexibility index (Phi) is 5.11. The Hall–Kier alpha value is -0.970. The predicted molar refractivity (Wildman–Crippen MR) is 81.5 cm³/mol. The van der Waals surface area contributed by atoms with E-state index in [2.05, 4.69) is 28.0 Å². The number of para-hydroxylation sites is 1. The van der Waals surface area contributed by atoms with Gasteiger partial charge in [-0.3, -0.25) is 4.90 Å². The highest BCUT2D eigenvalue weighted by atomic mass is 32.1. The highest BCUT2D eigenvalue weighted by Crippen LogP contribution is 2.20. The summed E-state index contributed by atoms with van der Waals surface area (Å²) in [6.07, 6.45) is 1.09. The van der Waals surface area contributed by atoms with Crippen LogP contribution in [0.1, 0.15) is 12.0 Å². The molecule has 2 rings (SSSR count). The van der Waals surface area contributed by atoms with E-state index in [4.69, 9.17) is 18.0 Å². The van der Waals surface area contributed by atoms with E-state index in [0.717, 1.165) is 51.3 Å². The van der Waals surface area contributed by atoms with Gasteiger partial charge >= 0.3 is 0 Å². The monoisotopic (exact) mass is 263 g/mol. The second kappa shape index (κ2) is 6.83. The molecule has 0 radical (unpaired) electrons. The Balaban J connectivity index is 1.95. The van der Waals surface area contributed by atoms with Gasteiger partial charge in [-0.15, -0.1) is 0 Å². The largest absolute Gasteiger partial charge is 0.368 e. The zero-order chi connectivity index (χ0) is 12.8. The molecular weight excluding hydrogens is 242 g/mol. The molecule has 0 unspecified atom stereocenters. The van der Waals surface area contributed by atoms with Crippen molar-refractivity contribution in [3.05, 3.63) is 29.8 Å². The van der Waals surface area contributed by atoms with Gasteiger partial charge in [0.25, 0.3) is 0 Å². The molecule has 1 aliphatic heterocycles. The first-order valence-electron chi connectivity index (χ1n) is 6.56. The topological polar surface area (TPSA) is 32.5 Å². The van der Waals surface area contributed by atoms with Gasteiger partial charge in [0.15, 0.2) is 0 Å². The first-order valence-corrected chi connectivity index (χ1v) is 7.04. The second-order valence-corrected chi connectivity index (χ2v) is 4.88. The van der Waals surface area contributed by atoms with Gasteiger partial charge in [0, 0.05) is 42.8 Å². The van der Waals surface area contributed by atoms with E-state index < -0.39 is 0 Å². The van der Waals surface area contributed by atoms with Crippen LogP contribution in [0.5, 0.6) is 0 Å². The number of nitrogens with zero attached hydrogens (tertiary/aromatic N) is 2. The van der Waals surface area contributed by atoms with Gasteiger partial charge in [-0.1, -0.05) is 30.4 Å². The molecule has 0 atom stereocenters. The Morgan fingerprint density at radius 1 is 1.17 bits per heavy atom. The fourth-order valence-corrected chi connectivity index (χ4v) is 2.60. The minimum absolute atomic E-state index is 0.786. The molecule has 1 aromatic rings. The van der Waals surface area contributed by atoms with Gasteiger partial charge in [0.2, 0.25) is 0 Å². The summed E-state index contributed by atoms with van der Waals surface area (Å²) in [5.41, 5.74) is 7.97. The summed E-state index contributed by atoms with van der Waals surface area (Å²) >= 11 is 5.08. The normalized spacial score (nSPS) is 16.8. The zero-order valence-corrected chi connectivity index (χ0v) is 11.5. The van der Waals surface area contributed by atoms with Crippen LogP contribution >= 0.6 is 12.2 Å². The summed E-state index contributed by atoms with van der Waals surface area (Å²) in [6.45, 7) is 6.29. The average molecular weight is 263 g/mol. The van der Waals surface area contributed by atoms with E-state index in [1.807, 2.05) is 6.07 Å². The smallest absolute Gasteiger partial charge is 0.0449 e. The maximum absolute atomic E-state index is 5.55. The molecule has 1 aromatic carbocycles. The summed E-state index contributed by atoms with van der Waals surface area (Å²) in [7, 11) is 0. The molecular formula is C14H21N3S. The SMILES string of the molecule is NCCCN1CCN(c2ccccc2C=S)CC1. The lowest BCUT2D eigenvalue weighted by atomic mass is 10.1. The molecule has 1 saturated heterocycles. The Morgan fingerprint density at radius 3 is 2.56 bits per heavy atom. The van der Waals surface area contributed by atoms with Crippen molar-refractivity contribution in [2.45, 2.75) is 6.42 Å². The highest BCUT2D eigenvalue weighted by Gasteiger charge is 2.17. The number of hydrogen-bond donors (Lipinski definition) is 1. The predicted octanol–water partition coefficient (Wildman–Crippen LogP) is 1.51. The minimum atomic E-state index is 0.786. The van der Waals surface area contributed by atoms with Crippen LogP contribution in [-0.2, 0) is 0 Å².